The molecule has 2 N–H and O–H groups in total. The summed E-state index contributed by atoms with van der Waals surface area (Å²) in [4.78, 5) is 12.2. The summed E-state index contributed by atoms with van der Waals surface area (Å²) in [7, 11) is 0. The summed E-state index contributed by atoms with van der Waals surface area (Å²) in [5, 5.41) is 9.47. The molecule has 1 amide bonds. The van der Waals surface area contributed by atoms with E-state index < -0.39 is 12.5 Å². The molecule has 5 nitrogen and oxygen atoms in total. The Morgan fingerprint density at radius 2 is 1.88 bits per heavy atom. The zero-order chi connectivity index (χ0) is 17.6. The molecule has 3 rings (SSSR count). The van der Waals surface area contributed by atoms with Crippen LogP contribution in [0.5, 0.6) is 5.75 Å². The first-order chi connectivity index (χ1) is 12.1. The molecule has 0 aliphatic carbocycles. The molecule has 0 spiro atoms. The van der Waals surface area contributed by atoms with Gasteiger partial charge in [0.15, 0.2) is 0 Å². The van der Waals surface area contributed by atoms with E-state index in [1.54, 1.807) is 12.3 Å². The molecule has 0 saturated carbocycles. The molecular formula is C18H15F2N3O2. The zero-order valence-electron chi connectivity index (χ0n) is 13.1. The number of aromatic nitrogens is 2. The van der Waals surface area contributed by atoms with Gasteiger partial charge in [-0.25, -0.2) is 0 Å². The van der Waals surface area contributed by atoms with Crippen LogP contribution in [0.1, 0.15) is 15.9 Å². The first-order valence-corrected chi connectivity index (χ1v) is 7.54. The summed E-state index contributed by atoms with van der Waals surface area (Å²) in [6.45, 7) is -2.71. The van der Waals surface area contributed by atoms with Crippen LogP contribution in [0.4, 0.5) is 8.78 Å². The lowest BCUT2D eigenvalue weighted by Crippen LogP contribution is -2.23. The second-order valence-corrected chi connectivity index (χ2v) is 5.22. The van der Waals surface area contributed by atoms with Crippen molar-refractivity contribution in [1.82, 2.24) is 15.5 Å². The smallest absolute Gasteiger partial charge is 0.387 e. The molecule has 2 aromatic carbocycles. The fourth-order valence-corrected chi connectivity index (χ4v) is 2.35. The Morgan fingerprint density at radius 3 is 2.56 bits per heavy atom. The molecule has 0 unspecified atom stereocenters. The van der Waals surface area contributed by atoms with E-state index in [1.807, 2.05) is 30.3 Å². The van der Waals surface area contributed by atoms with E-state index in [0.717, 1.165) is 16.8 Å². The third-order valence-corrected chi connectivity index (χ3v) is 3.57. The fraction of sp³-hybridized carbons (Fsp3) is 0.111. The highest BCUT2D eigenvalue weighted by atomic mass is 19.3. The van der Waals surface area contributed by atoms with E-state index in [2.05, 4.69) is 20.3 Å². The van der Waals surface area contributed by atoms with Crippen LogP contribution in [0, 0.1) is 0 Å². The standard InChI is InChI=1S/C18H15F2N3O2/c19-18(20)25-16-4-2-1-3-14(16)17(24)21-11-12-5-7-13(8-6-12)15-9-10-22-23-15/h1-10,18H,11H2,(H,21,24)(H,22,23). The van der Waals surface area contributed by atoms with Gasteiger partial charge in [0, 0.05) is 12.7 Å². The van der Waals surface area contributed by atoms with Crippen LogP contribution in [0.3, 0.4) is 0 Å². The molecule has 25 heavy (non-hydrogen) atoms. The molecule has 128 valence electrons. The Kier molecular flexibility index (Phi) is 5.03. The second-order valence-electron chi connectivity index (χ2n) is 5.22. The van der Waals surface area contributed by atoms with Crippen molar-refractivity contribution < 1.29 is 18.3 Å². The summed E-state index contributed by atoms with van der Waals surface area (Å²) in [5.74, 6) is -0.626. The molecule has 1 heterocycles. The van der Waals surface area contributed by atoms with Gasteiger partial charge in [0.25, 0.3) is 5.91 Å². The number of hydrogen-bond acceptors (Lipinski definition) is 3. The Hall–Kier alpha value is -3.22. The highest BCUT2D eigenvalue weighted by molar-refractivity contribution is 5.96. The summed E-state index contributed by atoms with van der Waals surface area (Å²) >= 11 is 0. The number of para-hydroxylation sites is 1. The maximum atomic E-state index is 12.4. The monoisotopic (exact) mass is 343 g/mol. The number of carbonyl (C=O) groups is 1. The predicted molar refractivity (Wildman–Crippen MR) is 88.3 cm³/mol. The van der Waals surface area contributed by atoms with Gasteiger partial charge in [-0.1, -0.05) is 36.4 Å². The Labute approximate surface area is 142 Å². The first-order valence-electron chi connectivity index (χ1n) is 7.54. The number of rotatable bonds is 6. The van der Waals surface area contributed by atoms with Gasteiger partial charge in [0.1, 0.15) is 5.75 Å². The van der Waals surface area contributed by atoms with Crippen molar-refractivity contribution in [3.63, 3.8) is 0 Å². The SMILES string of the molecule is O=C(NCc1ccc(-c2ccn[nH]2)cc1)c1ccccc1OC(F)F. The zero-order valence-corrected chi connectivity index (χ0v) is 13.1. The number of alkyl halides is 2. The minimum Gasteiger partial charge on any atom is -0.434 e. The normalized spacial score (nSPS) is 10.7. The molecule has 1 aromatic heterocycles. The quantitative estimate of drug-likeness (QED) is 0.718. The van der Waals surface area contributed by atoms with Crippen LogP contribution in [0.15, 0.2) is 60.8 Å². The lowest BCUT2D eigenvalue weighted by atomic mass is 10.1. The Balaban J connectivity index is 1.65. The van der Waals surface area contributed by atoms with Crippen molar-refractivity contribution in [1.29, 1.82) is 0 Å². The van der Waals surface area contributed by atoms with E-state index in [0.29, 0.717) is 0 Å². The summed E-state index contributed by atoms with van der Waals surface area (Å²) in [6.07, 6.45) is 1.67. The summed E-state index contributed by atoms with van der Waals surface area (Å²) < 4.78 is 29.2. The van der Waals surface area contributed by atoms with Crippen LogP contribution in [-0.2, 0) is 6.54 Å². The van der Waals surface area contributed by atoms with Gasteiger partial charge >= 0.3 is 6.61 Å². The van der Waals surface area contributed by atoms with Gasteiger partial charge in [0.05, 0.1) is 11.3 Å². The number of amides is 1. The highest BCUT2D eigenvalue weighted by Gasteiger charge is 2.15. The van der Waals surface area contributed by atoms with Crippen LogP contribution >= 0.6 is 0 Å². The minimum atomic E-state index is -2.98. The molecule has 0 radical (unpaired) electrons. The van der Waals surface area contributed by atoms with Gasteiger partial charge in [0.2, 0.25) is 0 Å². The number of nitrogens with zero attached hydrogens (tertiary/aromatic N) is 1. The van der Waals surface area contributed by atoms with Gasteiger partial charge in [-0.15, -0.1) is 0 Å². The number of hydrogen-bond donors (Lipinski definition) is 2. The third kappa shape index (κ3) is 4.20. The molecule has 0 atom stereocenters. The fourth-order valence-electron chi connectivity index (χ4n) is 2.35. The van der Waals surface area contributed by atoms with Gasteiger partial charge in [-0.05, 0) is 29.3 Å². The van der Waals surface area contributed by atoms with Crippen molar-refractivity contribution in [2.75, 3.05) is 0 Å². The molecule has 0 aliphatic heterocycles. The molecule has 0 aliphatic rings. The molecular weight excluding hydrogens is 328 g/mol. The highest BCUT2D eigenvalue weighted by Crippen LogP contribution is 2.20. The number of aromatic amines is 1. The van der Waals surface area contributed by atoms with E-state index in [1.165, 1.54) is 18.2 Å². The number of ether oxygens (including phenoxy) is 1. The third-order valence-electron chi connectivity index (χ3n) is 3.57. The van der Waals surface area contributed by atoms with Crippen molar-refractivity contribution in [3.8, 4) is 17.0 Å². The topological polar surface area (TPSA) is 67.0 Å². The number of halogens is 2. The molecule has 0 saturated heterocycles. The van der Waals surface area contributed by atoms with Crippen molar-refractivity contribution in [2.45, 2.75) is 13.2 Å². The van der Waals surface area contributed by atoms with Gasteiger partial charge < -0.3 is 10.1 Å². The van der Waals surface area contributed by atoms with Crippen LogP contribution < -0.4 is 10.1 Å². The first kappa shape index (κ1) is 16.6. The van der Waals surface area contributed by atoms with E-state index >= 15 is 0 Å². The second kappa shape index (κ2) is 7.57. The predicted octanol–water partition coefficient (Wildman–Crippen LogP) is 3.61. The van der Waals surface area contributed by atoms with Crippen LogP contribution in [0.25, 0.3) is 11.3 Å². The molecule has 0 bridgehead atoms. The minimum absolute atomic E-state index is 0.0666. The van der Waals surface area contributed by atoms with E-state index in [4.69, 9.17) is 0 Å². The number of nitrogens with one attached hydrogen (secondary N) is 2. The van der Waals surface area contributed by atoms with Crippen LogP contribution in [-0.4, -0.2) is 22.7 Å². The van der Waals surface area contributed by atoms with Crippen molar-refractivity contribution in [2.24, 2.45) is 0 Å². The Bertz CT molecular complexity index is 834. The maximum Gasteiger partial charge on any atom is 0.387 e. The largest absolute Gasteiger partial charge is 0.434 e. The number of carbonyl (C=O) groups excluding carboxylic acids is 1. The summed E-state index contributed by atoms with van der Waals surface area (Å²) in [6, 6.07) is 15.3. The lowest BCUT2D eigenvalue weighted by Gasteiger charge is -2.11. The number of benzene rings is 2. The average molecular weight is 343 g/mol. The molecule has 0 fully saturated rings. The average Bonchev–Trinajstić information content (AvgIpc) is 3.15. The summed E-state index contributed by atoms with van der Waals surface area (Å²) in [5.41, 5.74) is 2.82. The van der Waals surface area contributed by atoms with Gasteiger partial charge in [-0.3, -0.25) is 9.89 Å². The van der Waals surface area contributed by atoms with E-state index in [9.17, 15) is 13.6 Å². The lowest BCUT2D eigenvalue weighted by molar-refractivity contribution is -0.0501. The number of H-pyrrole nitrogens is 1. The molecule has 3 aromatic rings. The Morgan fingerprint density at radius 1 is 1.12 bits per heavy atom. The maximum absolute atomic E-state index is 12.4. The van der Waals surface area contributed by atoms with Crippen molar-refractivity contribution >= 4 is 5.91 Å². The van der Waals surface area contributed by atoms with Gasteiger partial charge in [-0.2, -0.15) is 13.9 Å². The van der Waals surface area contributed by atoms with Crippen LogP contribution in [0.2, 0.25) is 0 Å². The van der Waals surface area contributed by atoms with E-state index in [-0.39, 0.29) is 17.9 Å². The molecule has 7 heteroatoms. The van der Waals surface area contributed by atoms with Crippen molar-refractivity contribution in [3.05, 3.63) is 71.9 Å².